The first-order valence-corrected chi connectivity index (χ1v) is 9.67. The summed E-state index contributed by atoms with van der Waals surface area (Å²) in [7, 11) is 1.98. The first-order chi connectivity index (χ1) is 13.6. The van der Waals surface area contributed by atoms with Crippen molar-refractivity contribution >= 4 is 28.4 Å². The van der Waals surface area contributed by atoms with Crippen molar-refractivity contribution in [3.05, 3.63) is 71.1 Å². The number of para-hydroxylation sites is 1. The van der Waals surface area contributed by atoms with Crippen LogP contribution in [-0.4, -0.2) is 22.1 Å². The van der Waals surface area contributed by atoms with E-state index in [1.54, 1.807) is 0 Å². The molecule has 0 fully saturated rings. The summed E-state index contributed by atoms with van der Waals surface area (Å²) in [6.07, 6.45) is 10.9. The molecule has 1 N–H and O–H groups in total. The molecule has 2 amide bonds. The van der Waals surface area contributed by atoms with Gasteiger partial charge >= 0.3 is 0 Å². The second kappa shape index (κ2) is 6.44. The Hall–Kier alpha value is -3.21. The van der Waals surface area contributed by atoms with E-state index in [9.17, 15) is 9.59 Å². The van der Waals surface area contributed by atoms with Gasteiger partial charge in [-0.05, 0) is 48.6 Å². The number of fused-ring (bicyclic) bond motifs is 3. The van der Waals surface area contributed by atoms with Crippen LogP contribution in [-0.2, 0) is 23.1 Å². The van der Waals surface area contributed by atoms with Gasteiger partial charge in [-0.15, -0.1) is 0 Å². The summed E-state index contributed by atoms with van der Waals surface area (Å²) >= 11 is 0. The van der Waals surface area contributed by atoms with Crippen LogP contribution in [0.15, 0.2) is 70.5 Å². The Morgan fingerprint density at radius 3 is 3.04 bits per heavy atom. The molecule has 5 rings (SSSR count). The van der Waals surface area contributed by atoms with Crippen LogP contribution in [0, 0.1) is 5.92 Å². The van der Waals surface area contributed by atoms with Crippen LogP contribution >= 0.6 is 0 Å². The molecule has 0 saturated heterocycles. The van der Waals surface area contributed by atoms with Crippen molar-refractivity contribution in [1.82, 2.24) is 9.88 Å². The molecule has 28 heavy (non-hydrogen) atoms. The fourth-order valence-electron chi connectivity index (χ4n) is 4.57. The van der Waals surface area contributed by atoms with E-state index in [4.69, 9.17) is 0 Å². The fourth-order valence-corrected chi connectivity index (χ4v) is 4.57. The summed E-state index contributed by atoms with van der Waals surface area (Å²) in [5.74, 6) is -0.0525. The van der Waals surface area contributed by atoms with Gasteiger partial charge in [0.05, 0.1) is 12.1 Å². The predicted octanol–water partition coefficient (Wildman–Crippen LogP) is 3.37. The van der Waals surface area contributed by atoms with Crippen LogP contribution < -0.4 is 5.32 Å². The number of hydrogen-bond acceptors (Lipinski definition) is 2. The van der Waals surface area contributed by atoms with Crippen LogP contribution in [0.2, 0.25) is 0 Å². The van der Waals surface area contributed by atoms with E-state index in [0.29, 0.717) is 5.71 Å². The van der Waals surface area contributed by atoms with Gasteiger partial charge < -0.3 is 9.88 Å². The molecule has 2 aromatic rings. The largest absolute Gasteiger partial charge is 0.350 e. The van der Waals surface area contributed by atoms with Crippen LogP contribution in [0.25, 0.3) is 10.9 Å². The Morgan fingerprint density at radius 2 is 2.14 bits per heavy atom. The zero-order chi connectivity index (χ0) is 19.3. The van der Waals surface area contributed by atoms with E-state index in [-0.39, 0.29) is 24.2 Å². The van der Waals surface area contributed by atoms with Gasteiger partial charge in [-0.2, -0.15) is 0 Å². The lowest BCUT2D eigenvalue weighted by Gasteiger charge is -2.28. The van der Waals surface area contributed by atoms with Crippen LogP contribution in [0.5, 0.6) is 0 Å². The lowest BCUT2D eigenvalue weighted by atomic mass is 9.85. The monoisotopic (exact) mass is 371 g/mol. The molecule has 2 aliphatic carbocycles. The van der Waals surface area contributed by atoms with Gasteiger partial charge in [0.15, 0.2) is 0 Å². The highest BCUT2D eigenvalue weighted by Gasteiger charge is 2.34. The Morgan fingerprint density at radius 1 is 1.29 bits per heavy atom. The molecule has 0 saturated carbocycles. The van der Waals surface area contributed by atoms with Crippen molar-refractivity contribution in [2.24, 2.45) is 18.0 Å². The summed E-state index contributed by atoms with van der Waals surface area (Å²) < 4.78 is 2.03. The first kappa shape index (κ1) is 16.9. The molecule has 1 unspecified atom stereocenters. The van der Waals surface area contributed by atoms with Gasteiger partial charge in [-0.25, -0.2) is 4.99 Å². The van der Waals surface area contributed by atoms with Crippen molar-refractivity contribution in [1.29, 1.82) is 0 Å². The normalized spacial score (nSPS) is 22.3. The van der Waals surface area contributed by atoms with Crippen molar-refractivity contribution in [2.75, 3.05) is 0 Å². The zero-order valence-corrected chi connectivity index (χ0v) is 15.7. The van der Waals surface area contributed by atoms with E-state index >= 15 is 0 Å². The van der Waals surface area contributed by atoms with Crippen LogP contribution in [0.3, 0.4) is 0 Å². The molecule has 0 radical (unpaired) electrons. The van der Waals surface area contributed by atoms with E-state index in [1.165, 1.54) is 5.57 Å². The maximum Gasteiger partial charge on any atom is 0.251 e. The number of benzene rings is 1. The second-order valence-electron chi connectivity index (χ2n) is 7.64. The number of carbonyl (C=O) groups is 2. The Labute approximate surface area is 163 Å². The molecule has 140 valence electrons. The molecule has 1 aliphatic heterocycles. The summed E-state index contributed by atoms with van der Waals surface area (Å²) in [5.41, 5.74) is 5.69. The minimum Gasteiger partial charge on any atom is -0.350 e. The minimum atomic E-state index is -0.186. The summed E-state index contributed by atoms with van der Waals surface area (Å²) in [5, 5.41) is 4.07. The number of nitrogens with zero attached hydrogens (tertiary/aromatic N) is 2. The number of carbonyl (C=O) groups excluding carboxylic acids is 2. The van der Waals surface area contributed by atoms with E-state index in [2.05, 4.69) is 16.4 Å². The number of aromatic nitrogens is 1. The van der Waals surface area contributed by atoms with Gasteiger partial charge in [-0.3, -0.25) is 9.59 Å². The molecule has 1 aromatic carbocycles. The molecule has 0 bridgehead atoms. The molecular weight excluding hydrogens is 350 g/mol. The second-order valence-corrected chi connectivity index (χ2v) is 7.64. The molecule has 5 heteroatoms. The highest BCUT2D eigenvalue weighted by Crippen LogP contribution is 2.39. The number of nitrogens with one attached hydrogen (secondary N) is 1. The maximum absolute atomic E-state index is 12.6. The molecule has 0 spiro atoms. The SMILES string of the molecule is Cn1cc(CC(=O)N=C2C=CC3C(=C2)NC(=O)C2=C3CCC2)c2ccccc21. The van der Waals surface area contributed by atoms with Gasteiger partial charge in [0, 0.05) is 41.3 Å². The van der Waals surface area contributed by atoms with Crippen molar-refractivity contribution < 1.29 is 9.59 Å². The maximum atomic E-state index is 12.6. The van der Waals surface area contributed by atoms with E-state index in [0.717, 1.165) is 47.0 Å². The van der Waals surface area contributed by atoms with E-state index < -0.39 is 0 Å². The lowest BCUT2D eigenvalue weighted by molar-refractivity contribution is -0.118. The molecule has 3 aliphatic rings. The summed E-state index contributed by atoms with van der Waals surface area (Å²) in [6.45, 7) is 0. The van der Waals surface area contributed by atoms with Gasteiger partial charge in [0.1, 0.15) is 0 Å². The average molecular weight is 371 g/mol. The topological polar surface area (TPSA) is 63.5 Å². The Bertz CT molecular complexity index is 1140. The van der Waals surface area contributed by atoms with Gasteiger partial charge in [-0.1, -0.05) is 24.3 Å². The van der Waals surface area contributed by atoms with Crippen LogP contribution in [0.4, 0.5) is 0 Å². The fraction of sp³-hybridized carbons (Fsp3) is 0.261. The highest BCUT2D eigenvalue weighted by atomic mass is 16.2. The van der Waals surface area contributed by atoms with Crippen LogP contribution in [0.1, 0.15) is 24.8 Å². The molecule has 2 heterocycles. The van der Waals surface area contributed by atoms with Gasteiger partial charge in [0.25, 0.3) is 11.8 Å². The van der Waals surface area contributed by atoms with Crippen molar-refractivity contribution in [2.45, 2.75) is 25.7 Å². The number of allylic oxidation sites excluding steroid dienone is 3. The predicted molar refractivity (Wildman–Crippen MR) is 109 cm³/mol. The molecule has 1 aromatic heterocycles. The first-order valence-electron chi connectivity index (χ1n) is 9.67. The quantitative estimate of drug-likeness (QED) is 0.880. The Balaban J connectivity index is 1.39. The van der Waals surface area contributed by atoms with Crippen molar-refractivity contribution in [3.63, 3.8) is 0 Å². The average Bonchev–Trinajstić information content (AvgIpc) is 3.28. The van der Waals surface area contributed by atoms with E-state index in [1.807, 2.05) is 54.2 Å². The number of hydrogen-bond donors (Lipinski definition) is 1. The summed E-state index contributed by atoms with van der Waals surface area (Å²) in [6, 6.07) is 8.05. The molecule has 5 nitrogen and oxygen atoms in total. The zero-order valence-electron chi connectivity index (χ0n) is 15.7. The standard InChI is InChI=1S/C23H21N3O2/c1-26-13-14(16-5-2-3-8-21(16)26)11-22(27)24-15-9-10-18-17-6-4-7-19(17)23(28)25-20(18)12-15/h2-3,5,8-10,12-13,18H,4,6-7,11H2,1H3,(H,25,28). The van der Waals surface area contributed by atoms with Gasteiger partial charge in [0.2, 0.25) is 0 Å². The third-order valence-electron chi connectivity index (χ3n) is 5.84. The highest BCUT2D eigenvalue weighted by molar-refractivity contribution is 6.12. The Kier molecular flexibility index (Phi) is 3.90. The lowest BCUT2D eigenvalue weighted by Crippen LogP contribution is -2.35. The number of rotatable bonds is 2. The molecular formula is C23H21N3O2. The smallest absolute Gasteiger partial charge is 0.251 e. The number of amides is 2. The van der Waals surface area contributed by atoms with Crippen molar-refractivity contribution in [3.8, 4) is 0 Å². The number of aryl methyl sites for hydroxylation is 1. The molecule has 1 atom stereocenters. The third-order valence-corrected chi connectivity index (χ3v) is 5.84. The minimum absolute atomic E-state index is 0.00623. The number of aliphatic imine (C=N–C) groups is 1. The third kappa shape index (κ3) is 2.74. The summed E-state index contributed by atoms with van der Waals surface area (Å²) in [4.78, 5) is 29.2.